The second-order valence-electron chi connectivity index (χ2n) is 5.40. The minimum absolute atomic E-state index is 0.0759. The van der Waals surface area contributed by atoms with Gasteiger partial charge in [0.1, 0.15) is 0 Å². The largest absolute Gasteiger partial charge is 0.337 e. The molecule has 1 atom stereocenters. The molecule has 0 aromatic carbocycles. The second-order valence-corrected chi connectivity index (χ2v) is 7.63. The summed E-state index contributed by atoms with van der Waals surface area (Å²) in [6, 6.07) is -0.473. The normalized spacial score (nSPS) is 27.1. The van der Waals surface area contributed by atoms with Gasteiger partial charge < -0.3 is 15.5 Å². The lowest BCUT2D eigenvalue weighted by Gasteiger charge is -2.26. The molecule has 2 amide bonds. The summed E-state index contributed by atoms with van der Waals surface area (Å²) in [4.78, 5) is 14.0. The van der Waals surface area contributed by atoms with Gasteiger partial charge in [-0.2, -0.15) is 0 Å². The van der Waals surface area contributed by atoms with Gasteiger partial charge in [-0.15, -0.1) is 0 Å². The van der Waals surface area contributed by atoms with Crippen molar-refractivity contribution in [2.75, 3.05) is 37.7 Å². The van der Waals surface area contributed by atoms with Gasteiger partial charge in [-0.1, -0.05) is 6.42 Å². The van der Waals surface area contributed by atoms with Gasteiger partial charge >= 0.3 is 6.03 Å². The van der Waals surface area contributed by atoms with Crippen molar-refractivity contribution in [2.45, 2.75) is 31.7 Å². The highest BCUT2D eigenvalue weighted by Crippen LogP contribution is 2.11. The van der Waals surface area contributed by atoms with E-state index < -0.39 is 9.84 Å². The van der Waals surface area contributed by atoms with E-state index in [2.05, 4.69) is 15.5 Å². The van der Waals surface area contributed by atoms with Crippen LogP contribution in [0.15, 0.2) is 0 Å². The van der Waals surface area contributed by atoms with E-state index >= 15 is 0 Å². The molecule has 2 fully saturated rings. The predicted molar refractivity (Wildman–Crippen MR) is 73.9 cm³/mol. The molecule has 2 heterocycles. The summed E-state index contributed by atoms with van der Waals surface area (Å²) in [7, 11) is -2.93. The summed E-state index contributed by atoms with van der Waals surface area (Å²) < 4.78 is 22.5. The number of hydrogen-bond acceptors (Lipinski definition) is 4. The van der Waals surface area contributed by atoms with Gasteiger partial charge in [0.2, 0.25) is 0 Å². The van der Waals surface area contributed by atoms with Crippen molar-refractivity contribution in [2.24, 2.45) is 0 Å². The molecular formula is C12H23N3O3S. The predicted octanol–water partition coefficient (Wildman–Crippen LogP) is -0.0414. The maximum absolute atomic E-state index is 11.6. The van der Waals surface area contributed by atoms with Crippen LogP contribution in [-0.2, 0) is 9.84 Å². The zero-order chi connectivity index (χ0) is 13.7. The van der Waals surface area contributed by atoms with Crippen LogP contribution in [0.1, 0.15) is 25.7 Å². The Balaban J connectivity index is 1.59. The highest BCUT2D eigenvalue weighted by Gasteiger charge is 2.28. The van der Waals surface area contributed by atoms with Gasteiger partial charge in [-0.25, -0.2) is 13.2 Å². The van der Waals surface area contributed by atoms with Crippen molar-refractivity contribution in [3.63, 3.8) is 0 Å². The fourth-order valence-corrected chi connectivity index (χ4v) is 4.33. The maximum atomic E-state index is 11.6. The Morgan fingerprint density at radius 3 is 2.58 bits per heavy atom. The first-order valence-corrected chi connectivity index (χ1v) is 8.84. The number of carbonyl (C=O) groups is 1. The molecule has 6 nitrogen and oxygen atoms in total. The zero-order valence-corrected chi connectivity index (χ0v) is 12.0. The lowest BCUT2D eigenvalue weighted by Crippen LogP contribution is -2.45. The van der Waals surface area contributed by atoms with E-state index in [1.165, 1.54) is 19.3 Å². The Bertz CT molecular complexity index is 404. The Morgan fingerprint density at radius 1 is 1.21 bits per heavy atom. The van der Waals surface area contributed by atoms with Gasteiger partial charge in [0.15, 0.2) is 9.84 Å². The molecule has 0 unspecified atom stereocenters. The molecule has 2 rings (SSSR count). The van der Waals surface area contributed by atoms with Crippen molar-refractivity contribution in [1.29, 1.82) is 0 Å². The van der Waals surface area contributed by atoms with Gasteiger partial charge in [-0.3, -0.25) is 0 Å². The molecule has 0 saturated carbocycles. The Morgan fingerprint density at radius 2 is 1.95 bits per heavy atom. The van der Waals surface area contributed by atoms with E-state index in [0.29, 0.717) is 13.0 Å². The smallest absolute Gasteiger partial charge is 0.315 e. The third-order valence-electron chi connectivity index (χ3n) is 3.73. The monoisotopic (exact) mass is 289 g/mol. The molecule has 7 heteroatoms. The van der Waals surface area contributed by atoms with E-state index in [4.69, 9.17) is 0 Å². The lowest BCUT2D eigenvalue weighted by molar-refractivity contribution is 0.219. The molecular weight excluding hydrogens is 266 g/mol. The fraction of sp³-hybridized carbons (Fsp3) is 0.917. The molecule has 0 radical (unpaired) electrons. The number of amides is 2. The highest BCUT2D eigenvalue weighted by atomic mass is 32.2. The Kier molecular flexibility index (Phi) is 5.04. The van der Waals surface area contributed by atoms with Gasteiger partial charge in [0.05, 0.1) is 11.5 Å². The van der Waals surface area contributed by atoms with Crippen LogP contribution < -0.4 is 10.6 Å². The number of sulfone groups is 1. The van der Waals surface area contributed by atoms with Crippen molar-refractivity contribution in [3.05, 3.63) is 0 Å². The number of rotatable bonds is 4. The number of piperidine rings is 1. The molecule has 0 aliphatic carbocycles. The summed E-state index contributed by atoms with van der Waals surface area (Å²) in [5, 5.41) is 5.52. The van der Waals surface area contributed by atoms with Crippen molar-refractivity contribution in [3.8, 4) is 0 Å². The quantitative estimate of drug-likeness (QED) is 0.761. The first-order valence-electron chi connectivity index (χ1n) is 7.02. The van der Waals surface area contributed by atoms with Crippen LogP contribution in [0.25, 0.3) is 0 Å². The number of carbonyl (C=O) groups excluding carboxylic acids is 1. The van der Waals surface area contributed by atoms with Crippen molar-refractivity contribution >= 4 is 15.9 Å². The van der Waals surface area contributed by atoms with Crippen LogP contribution in [0.3, 0.4) is 0 Å². The van der Waals surface area contributed by atoms with E-state index in [1.807, 2.05) is 0 Å². The molecule has 0 bridgehead atoms. The topological polar surface area (TPSA) is 78.5 Å². The van der Waals surface area contributed by atoms with Gasteiger partial charge in [0.25, 0.3) is 0 Å². The summed E-state index contributed by atoms with van der Waals surface area (Å²) in [6.07, 6.45) is 4.32. The fourth-order valence-electron chi connectivity index (χ4n) is 2.66. The van der Waals surface area contributed by atoms with E-state index in [-0.39, 0.29) is 23.6 Å². The van der Waals surface area contributed by atoms with Crippen molar-refractivity contribution < 1.29 is 13.2 Å². The Labute approximate surface area is 114 Å². The van der Waals surface area contributed by atoms with E-state index in [9.17, 15) is 13.2 Å². The maximum Gasteiger partial charge on any atom is 0.315 e. The zero-order valence-electron chi connectivity index (χ0n) is 11.2. The minimum Gasteiger partial charge on any atom is -0.337 e. The number of hydrogen-bond donors (Lipinski definition) is 2. The molecule has 2 N–H and O–H groups in total. The second kappa shape index (κ2) is 6.56. The first kappa shape index (κ1) is 14.6. The molecule has 2 aliphatic heterocycles. The summed E-state index contributed by atoms with van der Waals surface area (Å²) in [5.41, 5.74) is 0. The Hall–Kier alpha value is -0.820. The van der Waals surface area contributed by atoms with Crippen LogP contribution in [0, 0.1) is 0 Å². The standard InChI is InChI=1S/C12H23N3O3S/c16-12(14-11-4-9-19(17,18)10-11)13-5-8-15-6-2-1-3-7-15/h11H,1-10H2,(H2,13,14,16)/t11-/m0/s1. The summed E-state index contributed by atoms with van der Waals surface area (Å²) in [5.74, 6) is 0.262. The van der Waals surface area contributed by atoms with Crippen molar-refractivity contribution in [1.82, 2.24) is 15.5 Å². The number of likely N-dealkylation sites (tertiary alicyclic amines) is 1. The SMILES string of the molecule is O=C(NCCN1CCCCC1)N[C@H]1CCS(=O)(=O)C1. The van der Waals surface area contributed by atoms with E-state index in [1.54, 1.807) is 0 Å². The first-order chi connectivity index (χ1) is 9.05. The van der Waals surface area contributed by atoms with Crippen LogP contribution in [0.2, 0.25) is 0 Å². The molecule has 110 valence electrons. The summed E-state index contributed by atoms with van der Waals surface area (Å²) in [6.45, 7) is 3.72. The van der Waals surface area contributed by atoms with Crippen LogP contribution >= 0.6 is 0 Å². The molecule has 0 aromatic heterocycles. The minimum atomic E-state index is -2.93. The van der Waals surface area contributed by atoms with E-state index in [0.717, 1.165) is 19.6 Å². The lowest BCUT2D eigenvalue weighted by atomic mass is 10.1. The van der Waals surface area contributed by atoms with Crippen LogP contribution in [-0.4, -0.2) is 63.1 Å². The number of urea groups is 1. The molecule has 2 aliphatic rings. The third kappa shape index (κ3) is 4.99. The molecule has 0 spiro atoms. The number of nitrogens with zero attached hydrogens (tertiary/aromatic N) is 1. The van der Waals surface area contributed by atoms with Crippen LogP contribution in [0.4, 0.5) is 4.79 Å². The highest BCUT2D eigenvalue weighted by molar-refractivity contribution is 7.91. The average Bonchev–Trinajstić information content (AvgIpc) is 2.70. The average molecular weight is 289 g/mol. The molecule has 19 heavy (non-hydrogen) atoms. The van der Waals surface area contributed by atoms with Gasteiger partial charge in [0, 0.05) is 19.1 Å². The van der Waals surface area contributed by atoms with Crippen LogP contribution in [0.5, 0.6) is 0 Å². The molecule has 2 saturated heterocycles. The van der Waals surface area contributed by atoms with Gasteiger partial charge in [-0.05, 0) is 32.4 Å². The third-order valence-corrected chi connectivity index (χ3v) is 5.50. The molecule has 0 aromatic rings. The summed E-state index contributed by atoms with van der Waals surface area (Å²) >= 11 is 0. The number of nitrogens with one attached hydrogen (secondary N) is 2.